The van der Waals surface area contributed by atoms with Crippen LogP contribution in [0.3, 0.4) is 0 Å². The van der Waals surface area contributed by atoms with Gasteiger partial charge in [0.2, 0.25) is 0 Å². The van der Waals surface area contributed by atoms with Crippen LogP contribution in [-0.4, -0.2) is 55.5 Å². The molecule has 0 saturated heterocycles. The predicted octanol–water partition coefficient (Wildman–Crippen LogP) is 7.08. The largest absolute Gasteiger partial charge is 0.573 e. The van der Waals surface area contributed by atoms with Crippen molar-refractivity contribution in [2.24, 2.45) is 5.92 Å². The molecule has 2 aromatic carbocycles. The Hall–Kier alpha value is -3.62. The number of aliphatic hydroxyl groups excluding tert-OH is 1. The lowest BCUT2D eigenvalue weighted by atomic mass is 9.89. The number of hydrogen-bond donors (Lipinski definition) is 1. The minimum Gasteiger partial charge on any atom is -0.489 e. The van der Waals surface area contributed by atoms with Gasteiger partial charge in [-0.2, -0.15) is 30.7 Å². The second-order valence-corrected chi connectivity index (χ2v) is 9.15. The molecule has 41 heavy (non-hydrogen) atoms. The third-order valence-electron chi connectivity index (χ3n) is 6.30. The monoisotopic (exact) mass is 601 g/mol. The van der Waals surface area contributed by atoms with Crippen molar-refractivity contribution in [3.05, 3.63) is 66.5 Å². The maximum atomic E-state index is 13.5. The summed E-state index contributed by atoms with van der Waals surface area (Å²) in [6, 6.07) is 7.97. The second-order valence-electron chi connectivity index (χ2n) is 9.15. The van der Waals surface area contributed by atoms with Crippen LogP contribution in [0.4, 0.5) is 49.6 Å². The standard InChI is InChI=1S/C26H21F10NO4/c27-23(28)25(32,33)40-16-6-2-5-15(11-16)20-13-39-22-18(14-4-1-7-17(10-14)41-26(34,35)36)8-3-9-19(22)37(20)12-21(38)24(29,30)31/h1-4,6-11,15,20-21,23,38H,5,12-13H2/t15-,20?,21-/m0/s1. The van der Waals surface area contributed by atoms with Crippen molar-refractivity contribution in [2.45, 2.75) is 43.6 Å². The number of halogens is 10. The number of alkyl halides is 10. The van der Waals surface area contributed by atoms with Gasteiger partial charge in [0, 0.05) is 11.5 Å². The molecule has 1 unspecified atom stereocenters. The molecule has 0 radical (unpaired) electrons. The topological polar surface area (TPSA) is 51.2 Å². The van der Waals surface area contributed by atoms with E-state index in [0.717, 1.165) is 29.2 Å². The molecule has 0 saturated carbocycles. The van der Waals surface area contributed by atoms with Gasteiger partial charge >= 0.3 is 25.1 Å². The molecule has 1 N–H and O–H groups in total. The van der Waals surface area contributed by atoms with Crippen LogP contribution in [0.5, 0.6) is 11.5 Å². The first-order chi connectivity index (χ1) is 19.0. The van der Waals surface area contributed by atoms with E-state index in [4.69, 9.17) is 4.74 Å². The molecule has 1 aliphatic carbocycles. The highest BCUT2D eigenvalue weighted by molar-refractivity contribution is 5.80. The molecule has 5 nitrogen and oxygen atoms in total. The highest BCUT2D eigenvalue weighted by atomic mass is 19.4. The first-order valence-electron chi connectivity index (χ1n) is 11.9. The fourth-order valence-corrected chi connectivity index (χ4v) is 4.52. The lowest BCUT2D eigenvalue weighted by molar-refractivity contribution is -0.280. The van der Waals surface area contributed by atoms with Crippen molar-refractivity contribution in [1.29, 1.82) is 0 Å². The van der Waals surface area contributed by atoms with Crippen LogP contribution in [0.25, 0.3) is 11.1 Å². The molecule has 1 heterocycles. The van der Waals surface area contributed by atoms with Crippen molar-refractivity contribution in [1.82, 2.24) is 0 Å². The van der Waals surface area contributed by atoms with E-state index in [2.05, 4.69) is 9.47 Å². The van der Waals surface area contributed by atoms with Gasteiger partial charge in [0.15, 0.2) is 11.9 Å². The normalized spacial score (nSPS) is 20.3. The van der Waals surface area contributed by atoms with E-state index < -0.39 is 61.2 Å². The van der Waals surface area contributed by atoms with Crippen LogP contribution in [0.1, 0.15) is 6.42 Å². The maximum absolute atomic E-state index is 13.5. The molecule has 0 fully saturated rings. The molecule has 0 spiro atoms. The van der Waals surface area contributed by atoms with Crippen molar-refractivity contribution < 1.29 is 63.2 Å². The SMILES string of the molecule is O[C@@H](CN1c2cccc(-c3cccc(OC(F)(F)F)c3)c2OCC1[C@@H]1C=C(OC(F)(F)C(F)F)C=CC1)C(F)(F)F. The highest BCUT2D eigenvalue weighted by Crippen LogP contribution is 2.45. The van der Waals surface area contributed by atoms with Crippen LogP contribution in [0.15, 0.2) is 66.5 Å². The summed E-state index contributed by atoms with van der Waals surface area (Å²) in [7, 11) is 0. The van der Waals surface area contributed by atoms with Crippen LogP contribution >= 0.6 is 0 Å². The maximum Gasteiger partial charge on any atom is 0.573 e. The second kappa shape index (κ2) is 11.3. The zero-order valence-corrected chi connectivity index (χ0v) is 20.6. The van der Waals surface area contributed by atoms with Gasteiger partial charge < -0.3 is 24.2 Å². The summed E-state index contributed by atoms with van der Waals surface area (Å²) in [6.07, 6.45) is -18.4. The Bertz CT molecular complexity index is 1290. The summed E-state index contributed by atoms with van der Waals surface area (Å²) in [5.41, 5.74) is 0.385. The van der Waals surface area contributed by atoms with Crippen molar-refractivity contribution in [2.75, 3.05) is 18.1 Å². The Labute approximate surface area is 226 Å². The fraction of sp³-hybridized carbons (Fsp3) is 0.385. The average molecular weight is 601 g/mol. The first-order valence-corrected chi connectivity index (χ1v) is 11.9. The van der Waals surface area contributed by atoms with E-state index >= 15 is 0 Å². The Morgan fingerprint density at radius 2 is 1.68 bits per heavy atom. The Kier molecular flexibility index (Phi) is 8.39. The van der Waals surface area contributed by atoms with Crippen molar-refractivity contribution in [3.63, 3.8) is 0 Å². The fourth-order valence-electron chi connectivity index (χ4n) is 4.52. The van der Waals surface area contributed by atoms with Gasteiger partial charge in [-0.25, -0.2) is 0 Å². The molecule has 224 valence electrons. The number of benzene rings is 2. The molecule has 15 heteroatoms. The summed E-state index contributed by atoms with van der Waals surface area (Å²) in [4.78, 5) is 1.14. The van der Waals surface area contributed by atoms with Gasteiger partial charge in [0.1, 0.15) is 18.1 Å². The van der Waals surface area contributed by atoms with E-state index in [1.54, 1.807) is 0 Å². The van der Waals surface area contributed by atoms with Gasteiger partial charge in [-0.3, -0.25) is 0 Å². The number of β-amino-alcohol motifs (C(OH)–C–C–N with tert-alkyl or cyclic N) is 1. The number of rotatable bonds is 8. The molecule has 0 amide bonds. The predicted molar refractivity (Wildman–Crippen MR) is 125 cm³/mol. The molecule has 2 aromatic rings. The number of fused-ring (bicyclic) bond motifs is 1. The number of para-hydroxylation sites is 1. The lowest BCUT2D eigenvalue weighted by Gasteiger charge is -2.43. The van der Waals surface area contributed by atoms with Crippen LogP contribution in [0.2, 0.25) is 0 Å². The van der Waals surface area contributed by atoms with Gasteiger partial charge in [-0.15, -0.1) is 13.2 Å². The zero-order valence-electron chi connectivity index (χ0n) is 20.6. The van der Waals surface area contributed by atoms with Crippen molar-refractivity contribution >= 4 is 5.69 Å². The molecular formula is C26H21F10NO4. The summed E-state index contributed by atoms with van der Waals surface area (Å²) in [5.74, 6) is -2.09. The number of allylic oxidation sites excluding steroid dienone is 2. The molecule has 0 bridgehead atoms. The summed E-state index contributed by atoms with van der Waals surface area (Å²) in [5, 5.41) is 9.91. The summed E-state index contributed by atoms with van der Waals surface area (Å²) < 4.78 is 145. The van der Waals surface area contributed by atoms with Gasteiger partial charge in [-0.1, -0.05) is 30.3 Å². The van der Waals surface area contributed by atoms with Crippen LogP contribution in [-0.2, 0) is 4.74 Å². The number of nitrogens with zero attached hydrogens (tertiary/aromatic N) is 1. The first kappa shape index (κ1) is 30.3. The lowest BCUT2D eigenvalue weighted by Crippen LogP contribution is -2.52. The van der Waals surface area contributed by atoms with Crippen LogP contribution < -0.4 is 14.4 Å². The van der Waals surface area contributed by atoms with E-state index in [0.29, 0.717) is 0 Å². The smallest absolute Gasteiger partial charge is 0.489 e. The average Bonchev–Trinajstić information content (AvgIpc) is 2.87. The molecule has 3 atom stereocenters. The van der Waals surface area contributed by atoms with E-state index in [1.807, 2.05) is 0 Å². The zero-order chi connectivity index (χ0) is 30.2. The van der Waals surface area contributed by atoms with Crippen LogP contribution in [0, 0.1) is 5.92 Å². The van der Waals surface area contributed by atoms with Gasteiger partial charge in [0.25, 0.3) is 0 Å². The quantitative estimate of drug-likeness (QED) is 0.328. The van der Waals surface area contributed by atoms with Gasteiger partial charge in [0.05, 0.1) is 18.3 Å². The number of aliphatic hydroxyl groups is 1. The molecule has 4 rings (SSSR count). The third-order valence-corrected chi connectivity index (χ3v) is 6.30. The minimum atomic E-state index is -5.04. The highest BCUT2D eigenvalue weighted by Gasteiger charge is 2.46. The van der Waals surface area contributed by atoms with E-state index in [1.165, 1.54) is 36.4 Å². The summed E-state index contributed by atoms with van der Waals surface area (Å²) in [6.45, 7) is -1.39. The number of hydrogen-bond acceptors (Lipinski definition) is 5. The molecule has 2 aliphatic rings. The molecule has 0 aromatic heterocycles. The summed E-state index contributed by atoms with van der Waals surface area (Å²) >= 11 is 0. The molecule has 1 aliphatic heterocycles. The Morgan fingerprint density at radius 3 is 2.34 bits per heavy atom. The molecular weight excluding hydrogens is 580 g/mol. The number of anilines is 1. The van der Waals surface area contributed by atoms with E-state index in [-0.39, 0.29) is 35.6 Å². The number of ether oxygens (including phenoxy) is 3. The van der Waals surface area contributed by atoms with Crippen molar-refractivity contribution in [3.8, 4) is 22.6 Å². The minimum absolute atomic E-state index is 0.0154. The van der Waals surface area contributed by atoms with E-state index in [9.17, 15) is 49.0 Å². The Morgan fingerprint density at radius 1 is 0.976 bits per heavy atom. The third kappa shape index (κ3) is 7.18. The Balaban J connectivity index is 1.72. The van der Waals surface area contributed by atoms with Gasteiger partial charge in [-0.05, 0) is 42.3 Å².